The van der Waals surface area contributed by atoms with Crippen LogP contribution in [-0.4, -0.2) is 28.4 Å². The van der Waals surface area contributed by atoms with Gasteiger partial charge in [-0.3, -0.25) is 14.6 Å². The summed E-state index contributed by atoms with van der Waals surface area (Å²) in [4.78, 5) is 28.4. The van der Waals surface area contributed by atoms with E-state index in [9.17, 15) is 14.7 Å². The van der Waals surface area contributed by atoms with Crippen LogP contribution in [0.1, 0.15) is 11.8 Å². The fourth-order valence-corrected chi connectivity index (χ4v) is 3.40. The second-order valence-electron chi connectivity index (χ2n) is 5.80. The Morgan fingerprint density at radius 1 is 1.20 bits per heavy atom. The number of amides is 2. The van der Waals surface area contributed by atoms with Crippen LogP contribution in [0.25, 0.3) is 10.1 Å². The summed E-state index contributed by atoms with van der Waals surface area (Å²) in [5.41, 5.74) is -0.840. The van der Waals surface area contributed by atoms with Gasteiger partial charge in [0.05, 0.1) is 18.4 Å². The zero-order valence-corrected chi connectivity index (χ0v) is 14.3. The average molecular weight is 355 g/mol. The molecule has 2 heterocycles. The number of rotatable bonds is 4. The maximum Gasteiger partial charge on any atom is 0.313 e. The van der Waals surface area contributed by atoms with Gasteiger partial charge in [0.15, 0.2) is 0 Å². The van der Waals surface area contributed by atoms with E-state index in [4.69, 9.17) is 0 Å². The molecule has 128 valence electrons. The zero-order valence-electron chi connectivity index (χ0n) is 13.5. The average Bonchev–Trinajstić information content (AvgIpc) is 3.06. The van der Waals surface area contributed by atoms with Gasteiger partial charge in [-0.2, -0.15) is 0 Å². The molecular weight excluding hydrogens is 338 g/mol. The maximum absolute atomic E-state index is 11.9. The van der Waals surface area contributed by atoms with Gasteiger partial charge in [0.25, 0.3) is 0 Å². The molecular formula is C18H17N3O3S. The fourth-order valence-electron chi connectivity index (χ4n) is 2.29. The highest BCUT2D eigenvalue weighted by Crippen LogP contribution is 2.32. The first kappa shape index (κ1) is 17.1. The molecule has 0 aliphatic rings. The number of fused-ring (bicyclic) bond motifs is 1. The van der Waals surface area contributed by atoms with Crippen LogP contribution in [0.5, 0.6) is 0 Å². The minimum atomic E-state index is -1.27. The van der Waals surface area contributed by atoms with E-state index in [-0.39, 0.29) is 6.54 Å². The van der Waals surface area contributed by atoms with Crippen LogP contribution in [0.4, 0.5) is 5.69 Å². The molecule has 2 amide bonds. The predicted octanol–water partition coefficient (Wildman–Crippen LogP) is 2.26. The molecule has 3 aromatic rings. The zero-order chi connectivity index (χ0) is 17.9. The standard InChI is InChI=1S/C18H17N3O3S/c1-18(24,15-9-12-5-2-3-7-14(12)25-15)11-20-16(22)17(23)21-13-6-4-8-19-10-13/h2-10,24H,11H2,1H3,(H,20,22)(H,21,23)/t18-/m0/s1. The Morgan fingerprint density at radius 3 is 2.72 bits per heavy atom. The highest BCUT2D eigenvalue weighted by atomic mass is 32.1. The summed E-state index contributed by atoms with van der Waals surface area (Å²) < 4.78 is 1.05. The molecule has 3 N–H and O–H groups in total. The number of hydrogen-bond donors (Lipinski definition) is 3. The second kappa shape index (κ2) is 7.00. The van der Waals surface area contributed by atoms with Crippen LogP contribution in [0.2, 0.25) is 0 Å². The number of aliphatic hydroxyl groups is 1. The normalized spacial score (nSPS) is 13.2. The Kier molecular flexibility index (Phi) is 4.78. The van der Waals surface area contributed by atoms with E-state index in [1.165, 1.54) is 17.5 Å². The molecule has 0 spiro atoms. The van der Waals surface area contributed by atoms with Crippen LogP contribution in [0.3, 0.4) is 0 Å². The van der Waals surface area contributed by atoms with Crippen molar-refractivity contribution in [1.29, 1.82) is 0 Å². The molecule has 1 aromatic carbocycles. The first-order valence-electron chi connectivity index (χ1n) is 7.66. The highest BCUT2D eigenvalue weighted by molar-refractivity contribution is 7.19. The molecule has 0 aliphatic heterocycles. The van der Waals surface area contributed by atoms with Crippen LogP contribution in [0.15, 0.2) is 54.9 Å². The van der Waals surface area contributed by atoms with Crippen LogP contribution in [-0.2, 0) is 15.2 Å². The summed E-state index contributed by atoms with van der Waals surface area (Å²) in [6.45, 7) is 1.54. The first-order chi connectivity index (χ1) is 12.0. The third-order valence-corrected chi connectivity index (χ3v) is 5.04. The molecule has 0 saturated carbocycles. The van der Waals surface area contributed by atoms with E-state index in [0.717, 1.165) is 15.0 Å². The van der Waals surface area contributed by atoms with Gasteiger partial charge in [-0.15, -0.1) is 11.3 Å². The molecule has 0 unspecified atom stereocenters. The van der Waals surface area contributed by atoms with E-state index in [0.29, 0.717) is 5.69 Å². The molecule has 1 atom stereocenters. The van der Waals surface area contributed by atoms with Crippen molar-refractivity contribution < 1.29 is 14.7 Å². The van der Waals surface area contributed by atoms with E-state index >= 15 is 0 Å². The Hall–Kier alpha value is -2.77. The van der Waals surface area contributed by atoms with Gasteiger partial charge >= 0.3 is 11.8 Å². The van der Waals surface area contributed by atoms with Gasteiger partial charge in [-0.1, -0.05) is 18.2 Å². The largest absolute Gasteiger partial charge is 0.383 e. The Bertz CT molecular complexity index is 873. The van der Waals surface area contributed by atoms with Crippen molar-refractivity contribution in [3.05, 3.63) is 59.7 Å². The lowest BCUT2D eigenvalue weighted by atomic mass is 10.0. The van der Waals surface area contributed by atoms with Crippen molar-refractivity contribution in [2.75, 3.05) is 11.9 Å². The highest BCUT2D eigenvalue weighted by Gasteiger charge is 2.27. The van der Waals surface area contributed by atoms with Crippen molar-refractivity contribution in [2.45, 2.75) is 12.5 Å². The van der Waals surface area contributed by atoms with Crippen molar-refractivity contribution in [3.63, 3.8) is 0 Å². The van der Waals surface area contributed by atoms with Gasteiger partial charge < -0.3 is 15.7 Å². The van der Waals surface area contributed by atoms with E-state index in [2.05, 4.69) is 15.6 Å². The number of hydrogen-bond acceptors (Lipinski definition) is 5. The molecule has 0 fully saturated rings. The minimum absolute atomic E-state index is 0.0703. The van der Waals surface area contributed by atoms with Crippen molar-refractivity contribution >= 4 is 38.9 Å². The van der Waals surface area contributed by atoms with Gasteiger partial charge in [-0.05, 0) is 36.6 Å². The third-order valence-electron chi connectivity index (χ3n) is 3.68. The summed E-state index contributed by atoms with van der Waals surface area (Å²) in [5, 5.41) is 16.6. The van der Waals surface area contributed by atoms with Crippen LogP contribution < -0.4 is 10.6 Å². The molecule has 0 radical (unpaired) electrons. The summed E-state index contributed by atoms with van der Waals surface area (Å²) in [6.07, 6.45) is 3.01. The predicted molar refractivity (Wildman–Crippen MR) is 97.3 cm³/mol. The summed E-state index contributed by atoms with van der Waals surface area (Å²) in [5.74, 6) is -1.62. The van der Waals surface area contributed by atoms with E-state index in [1.54, 1.807) is 25.3 Å². The number of nitrogens with one attached hydrogen (secondary N) is 2. The van der Waals surface area contributed by atoms with E-state index in [1.807, 2.05) is 30.3 Å². The summed E-state index contributed by atoms with van der Waals surface area (Å²) in [6, 6.07) is 13.0. The SMILES string of the molecule is C[C@](O)(CNC(=O)C(=O)Nc1cccnc1)c1cc2ccccc2s1. The smallest absolute Gasteiger partial charge is 0.313 e. The first-order valence-corrected chi connectivity index (χ1v) is 8.48. The molecule has 0 bridgehead atoms. The number of benzene rings is 1. The molecule has 2 aromatic heterocycles. The number of carbonyl (C=O) groups is 2. The third kappa shape index (κ3) is 4.01. The number of anilines is 1. The number of thiophene rings is 1. The second-order valence-corrected chi connectivity index (χ2v) is 6.88. The quantitative estimate of drug-likeness (QED) is 0.626. The lowest BCUT2D eigenvalue weighted by Crippen LogP contribution is -2.42. The summed E-state index contributed by atoms with van der Waals surface area (Å²) in [7, 11) is 0. The Balaban J connectivity index is 1.63. The molecule has 7 heteroatoms. The molecule has 0 aliphatic carbocycles. The number of nitrogens with zero attached hydrogens (tertiary/aromatic N) is 1. The summed E-state index contributed by atoms with van der Waals surface area (Å²) >= 11 is 1.46. The van der Waals surface area contributed by atoms with Crippen molar-refractivity contribution in [3.8, 4) is 0 Å². The molecule has 6 nitrogen and oxygen atoms in total. The lowest BCUT2D eigenvalue weighted by molar-refractivity contribution is -0.136. The van der Waals surface area contributed by atoms with Crippen LogP contribution >= 0.6 is 11.3 Å². The number of aromatic nitrogens is 1. The van der Waals surface area contributed by atoms with Gasteiger partial charge in [-0.25, -0.2) is 0 Å². The fraction of sp³-hybridized carbons (Fsp3) is 0.167. The number of carbonyl (C=O) groups excluding carboxylic acids is 2. The Labute approximate surface area is 148 Å². The monoisotopic (exact) mass is 355 g/mol. The minimum Gasteiger partial charge on any atom is -0.383 e. The molecule has 25 heavy (non-hydrogen) atoms. The molecule has 3 rings (SSSR count). The van der Waals surface area contributed by atoms with E-state index < -0.39 is 17.4 Å². The van der Waals surface area contributed by atoms with Crippen LogP contribution in [0, 0.1) is 0 Å². The molecule has 0 saturated heterocycles. The maximum atomic E-state index is 11.9. The number of pyridine rings is 1. The van der Waals surface area contributed by atoms with Gasteiger partial charge in [0.2, 0.25) is 0 Å². The Morgan fingerprint density at radius 2 is 2.00 bits per heavy atom. The van der Waals surface area contributed by atoms with Crippen molar-refractivity contribution in [2.24, 2.45) is 0 Å². The van der Waals surface area contributed by atoms with Gasteiger partial charge in [0.1, 0.15) is 5.60 Å². The van der Waals surface area contributed by atoms with Gasteiger partial charge in [0, 0.05) is 15.8 Å². The lowest BCUT2D eigenvalue weighted by Gasteiger charge is -2.22. The van der Waals surface area contributed by atoms with Crippen molar-refractivity contribution in [1.82, 2.24) is 10.3 Å². The topological polar surface area (TPSA) is 91.3 Å².